The van der Waals surface area contributed by atoms with Gasteiger partial charge in [-0.1, -0.05) is 11.6 Å². The smallest absolute Gasteiger partial charge is 0.180 e. The highest BCUT2D eigenvalue weighted by Gasteiger charge is 2.02. The lowest BCUT2D eigenvalue weighted by molar-refractivity contribution is 0.318. The minimum absolute atomic E-state index is 0.589. The minimum atomic E-state index is 0.589. The third-order valence-corrected chi connectivity index (χ3v) is 3.28. The summed E-state index contributed by atoms with van der Waals surface area (Å²) in [6.45, 7) is 2.56. The van der Waals surface area contributed by atoms with Crippen LogP contribution >= 0.6 is 22.9 Å². The van der Waals surface area contributed by atoms with Gasteiger partial charge in [0.1, 0.15) is 5.75 Å². The lowest BCUT2D eigenvalue weighted by Crippen LogP contribution is -2.02. The van der Waals surface area contributed by atoms with Crippen LogP contribution in [-0.2, 0) is 6.42 Å². The molecule has 0 aliphatic heterocycles. The second-order valence-corrected chi connectivity index (χ2v) is 5.01. The highest BCUT2D eigenvalue weighted by Crippen LogP contribution is 2.22. The van der Waals surface area contributed by atoms with E-state index in [0.717, 1.165) is 28.5 Å². The Morgan fingerprint density at radius 2 is 2.29 bits per heavy atom. The molecule has 3 nitrogen and oxygen atoms in total. The van der Waals surface area contributed by atoms with Crippen LogP contribution in [0, 0.1) is 6.92 Å². The molecule has 1 heterocycles. The normalized spacial score (nSPS) is 10.5. The van der Waals surface area contributed by atoms with Crippen molar-refractivity contribution in [1.82, 2.24) is 4.98 Å². The molecule has 0 atom stereocenters. The highest BCUT2D eigenvalue weighted by molar-refractivity contribution is 7.13. The zero-order chi connectivity index (χ0) is 12.3. The molecule has 0 aliphatic rings. The number of hydrogen-bond acceptors (Lipinski definition) is 4. The molecule has 1 aromatic carbocycles. The van der Waals surface area contributed by atoms with Crippen molar-refractivity contribution in [3.05, 3.63) is 39.9 Å². The summed E-state index contributed by atoms with van der Waals surface area (Å²) in [7, 11) is 0. The Kier molecular flexibility index (Phi) is 3.86. The van der Waals surface area contributed by atoms with Crippen molar-refractivity contribution in [2.24, 2.45) is 0 Å². The zero-order valence-electron chi connectivity index (χ0n) is 9.44. The standard InChI is InChI=1S/C12H13ClN2OS/c1-8-6-9(13)2-3-11(8)16-5-4-10-7-17-12(14)15-10/h2-3,6-7H,4-5H2,1H3,(H2,14,15). The van der Waals surface area contributed by atoms with Crippen molar-refractivity contribution < 1.29 is 4.74 Å². The fourth-order valence-corrected chi connectivity index (χ4v) is 2.30. The summed E-state index contributed by atoms with van der Waals surface area (Å²) in [5, 5.41) is 3.28. The summed E-state index contributed by atoms with van der Waals surface area (Å²) in [6.07, 6.45) is 0.760. The van der Waals surface area contributed by atoms with Gasteiger partial charge in [0.05, 0.1) is 12.3 Å². The molecule has 90 valence electrons. The van der Waals surface area contributed by atoms with Crippen molar-refractivity contribution >= 4 is 28.1 Å². The van der Waals surface area contributed by atoms with Gasteiger partial charge in [0.2, 0.25) is 0 Å². The van der Waals surface area contributed by atoms with Crippen LogP contribution in [0.3, 0.4) is 0 Å². The first kappa shape index (κ1) is 12.2. The lowest BCUT2D eigenvalue weighted by Gasteiger charge is -2.08. The Balaban J connectivity index is 1.90. The van der Waals surface area contributed by atoms with E-state index in [2.05, 4.69) is 4.98 Å². The van der Waals surface area contributed by atoms with Crippen LogP contribution < -0.4 is 10.5 Å². The molecule has 0 unspecified atom stereocenters. The first-order valence-corrected chi connectivity index (χ1v) is 6.50. The van der Waals surface area contributed by atoms with Gasteiger partial charge in [-0.2, -0.15) is 0 Å². The number of thiazole rings is 1. The summed E-state index contributed by atoms with van der Waals surface area (Å²) < 4.78 is 5.67. The molecule has 0 amide bonds. The molecule has 0 saturated heterocycles. The molecule has 0 radical (unpaired) electrons. The van der Waals surface area contributed by atoms with Gasteiger partial charge in [-0.3, -0.25) is 0 Å². The van der Waals surface area contributed by atoms with E-state index in [-0.39, 0.29) is 0 Å². The van der Waals surface area contributed by atoms with E-state index < -0.39 is 0 Å². The van der Waals surface area contributed by atoms with E-state index in [9.17, 15) is 0 Å². The molecule has 2 rings (SSSR count). The molecular weight excluding hydrogens is 256 g/mol. The molecule has 1 aromatic heterocycles. The first-order valence-electron chi connectivity index (χ1n) is 5.24. The maximum atomic E-state index is 5.87. The number of hydrogen-bond donors (Lipinski definition) is 1. The second-order valence-electron chi connectivity index (χ2n) is 3.69. The zero-order valence-corrected chi connectivity index (χ0v) is 11.0. The molecule has 0 saturated carbocycles. The average molecular weight is 269 g/mol. The van der Waals surface area contributed by atoms with Crippen LogP contribution in [0.5, 0.6) is 5.75 Å². The van der Waals surface area contributed by atoms with Gasteiger partial charge < -0.3 is 10.5 Å². The molecule has 0 bridgehead atoms. The first-order chi connectivity index (χ1) is 8.15. The second kappa shape index (κ2) is 5.38. The number of rotatable bonds is 4. The Morgan fingerprint density at radius 1 is 1.47 bits per heavy atom. The molecule has 0 aliphatic carbocycles. The van der Waals surface area contributed by atoms with Crippen molar-refractivity contribution in [2.75, 3.05) is 12.3 Å². The van der Waals surface area contributed by atoms with E-state index in [1.54, 1.807) is 0 Å². The summed E-state index contributed by atoms with van der Waals surface area (Å²) in [6, 6.07) is 5.59. The summed E-state index contributed by atoms with van der Waals surface area (Å²) in [4.78, 5) is 4.17. The summed E-state index contributed by atoms with van der Waals surface area (Å²) >= 11 is 7.32. The largest absolute Gasteiger partial charge is 0.493 e. The molecule has 0 spiro atoms. The van der Waals surface area contributed by atoms with Crippen molar-refractivity contribution in [2.45, 2.75) is 13.3 Å². The Morgan fingerprint density at radius 3 is 2.94 bits per heavy atom. The maximum Gasteiger partial charge on any atom is 0.180 e. The van der Waals surface area contributed by atoms with Crippen molar-refractivity contribution in [1.29, 1.82) is 0 Å². The molecule has 2 aromatic rings. The number of halogens is 1. The third-order valence-electron chi connectivity index (χ3n) is 2.32. The number of nitrogens with two attached hydrogens (primary N) is 1. The number of nitrogen functional groups attached to an aromatic ring is 1. The average Bonchev–Trinajstić information content (AvgIpc) is 2.68. The van der Waals surface area contributed by atoms with Gasteiger partial charge in [-0.25, -0.2) is 4.98 Å². The van der Waals surface area contributed by atoms with Gasteiger partial charge >= 0.3 is 0 Å². The monoisotopic (exact) mass is 268 g/mol. The Labute approximate surface area is 109 Å². The maximum absolute atomic E-state index is 5.87. The topological polar surface area (TPSA) is 48.1 Å². The number of aryl methyl sites for hydroxylation is 1. The number of ether oxygens (including phenoxy) is 1. The van der Waals surface area contributed by atoms with E-state index in [1.807, 2.05) is 30.5 Å². The molecule has 17 heavy (non-hydrogen) atoms. The van der Waals surface area contributed by atoms with E-state index >= 15 is 0 Å². The van der Waals surface area contributed by atoms with Crippen molar-refractivity contribution in [3.8, 4) is 5.75 Å². The Bertz CT molecular complexity index is 513. The fraction of sp³-hybridized carbons (Fsp3) is 0.250. The molecule has 0 fully saturated rings. The van der Waals surface area contributed by atoms with Crippen LogP contribution in [0.2, 0.25) is 5.02 Å². The van der Waals surface area contributed by atoms with Gasteiger partial charge in [-0.15, -0.1) is 11.3 Å². The predicted molar refractivity (Wildman–Crippen MR) is 71.9 cm³/mol. The minimum Gasteiger partial charge on any atom is -0.493 e. The van der Waals surface area contributed by atoms with Crippen LogP contribution in [0.4, 0.5) is 5.13 Å². The van der Waals surface area contributed by atoms with Crippen LogP contribution in [0.15, 0.2) is 23.6 Å². The molecular formula is C12H13ClN2OS. The number of benzene rings is 1. The highest BCUT2D eigenvalue weighted by atomic mass is 35.5. The van der Waals surface area contributed by atoms with Gasteiger partial charge in [-0.05, 0) is 30.7 Å². The number of aromatic nitrogens is 1. The summed E-state index contributed by atoms with van der Waals surface area (Å²) in [5.74, 6) is 0.859. The quantitative estimate of drug-likeness (QED) is 0.925. The lowest BCUT2D eigenvalue weighted by atomic mass is 10.2. The molecule has 2 N–H and O–H groups in total. The molecule has 5 heteroatoms. The third kappa shape index (κ3) is 3.35. The number of nitrogens with zero attached hydrogens (tertiary/aromatic N) is 1. The Hall–Kier alpha value is -1.26. The SMILES string of the molecule is Cc1cc(Cl)ccc1OCCc1csc(N)n1. The van der Waals surface area contributed by atoms with Gasteiger partial charge in [0.25, 0.3) is 0 Å². The fourth-order valence-electron chi connectivity index (χ4n) is 1.48. The van der Waals surface area contributed by atoms with Gasteiger partial charge in [0, 0.05) is 16.8 Å². The van der Waals surface area contributed by atoms with Crippen LogP contribution in [0.1, 0.15) is 11.3 Å². The predicted octanol–water partition coefficient (Wildman–Crippen LogP) is 3.31. The summed E-state index contributed by atoms with van der Waals surface area (Å²) in [5.41, 5.74) is 7.56. The van der Waals surface area contributed by atoms with E-state index in [1.165, 1.54) is 11.3 Å². The van der Waals surface area contributed by atoms with Crippen molar-refractivity contribution in [3.63, 3.8) is 0 Å². The van der Waals surface area contributed by atoms with E-state index in [4.69, 9.17) is 22.1 Å². The van der Waals surface area contributed by atoms with Crippen LogP contribution in [0.25, 0.3) is 0 Å². The van der Waals surface area contributed by atoms with Crippen LogP contribution in [-0.4, -0.2) is 11.6 Å². The van der Waals surface area contributed by atoms with E-state index in [0.29, 0.717) is 11.7 Å². The van der Waals surface area contributed by atoms with Gasteiger partial charge in [0.15, 0.2) is 5.13 Å². The number of anilines is 1.